The van der Waals surface area contributed by atoms with Gasteiger partial charge in [0, 0.05) is 0 Å². The van der Waals surface area contributed by atoms with E-state index in [1.54, 1.807) is 0 Å². The lowest BCUT2D eigenvalue weighted by Crippen LogP contribution is -2.45. The first kappa shape index (κ1) is 21.4. The van der Waals surface area contributed by atoms with Crippen LogP contribution in [0.15, 0.2) is 71.2 Å². The molecule has 0 heterocycles. The van der Waals surface area contributed by atoms with Crippen molar-refractivity contribution in [1.82, 2.24) is 0 Å². The molecule has 4 heteroatoms. The summed E-state index contributed by atoms with van der Waals surface area (Å²) in [5.41, 5.74) is 2.41. The zero-order chi connectivity index (χ0) is 21.5. The van der Waals surface area contributed by atoms with Gasteiger partial charge in [0.2, 0.25) is 0 Å². The molecule has 156 valence electrons. The maximum atomic E-state index is 6.93. The van der Waals surface area contributed by atoms with Gasteiger partial charge in [-0.2, -0.15) is 0 Å². The quantitative estimate of drug-likeness (QED) is 0.350. The molecule has 0 unspecified atom stereocenters. The topological polar surface area (TPSA) is 18.5 Å². The van der Waals surface area contributed by atoms with Crippen molar-refractivity contribution in [3.63, 3.8) is 0 Å². The van der Waals surface area contributed by atoms with Crippen LogP contribution in [0.2, 0.25) is 18.1 Å². The molecule has 0 aliphatic heterocycles. The highest BCUT2D eigenvalue weighted by molar-refractivity contribution is 9.10. The fourth-order valence-electron chi connectivity index (χ4n) is 3.58. The van der Waals surface area contributed by atoms with E-state index >= 15 is 0 Å². The van der Waals surface area contributed by atoms with Gasteiger partial charge in [0.05, 0.1) is 4.47 Å². The summed E-state index contributed by atoms with van der Waals surface area (Å²) in [6.07, 6.45) is 3.97. The van der Waals surface area contributed by atoms with E-state index in [9.17, 15) is 0 Å². The van der Waals surface area contributed by atoms with Crippen LogP contribution in [0.4, 0.5) is 0 Å². The second-order valence-electron chi connectivity index (χ2n) is 9.47. The van der Waals surface area contributed by atoms with Gasteiger partial charge in [-0.25, -0.2) is 0 Å². The minimum Gasteiger partial charge on any atom is -0.482 e. The van der Waals surface area contributed by atoms with Crippen molar-refractivity contribution in [3.8, 4) is 5.75 Å². The van der Waals surface area contributed by atoms with Gasteiger partial charge in [-0.1, -0.05) is 81.4 Å². The van der Waals surface area contributed by atoms with Gasteiger partial charge in [0.1, 0.15) is 18.0 Å². The van der Waals surface area contributed by atoms with Crippen molar-refractivity contribution >= 4 is 41.1 Å². The molecular weight excluding hydrogens is 452 g/mol. The molecule has 0 amide bonds. The van der Waals surface area contributed by atoms with E-state index < -0.39 is 8.32 Å². The second-order valence-corrected chi connectivity index (χ2v) is 15.0. The smallest absolute Gasteiger partial charge is 0.193 e. The van der Waals surface area contributed by atoms with Gasteiger partial charge in [-0.05, 0) is 68.1 Å². The molecule has 0 saturated carbocycles. The van der Waals surface area contributed by atoms with Gasteiger partial charge in [-0.15, -0.1) is 0 Å². The maximum absolute atomic E-state index is 6.93. The normalized spacial score (nSPS) is 19.0. The van der Waals surface area contributed by atoms with Crippen LogP contribution in [0.5, 0.6) is 5.75 Å². The van der Waals surface area contributed by atoms with Crippen molar-refractivity contribution in [1.29, 1.82) is 0 Å². The number of fused-ring (bicyclic) bond motifs is 2. The van der Waals surface area contributed by atoms with Gasteiger partial charge in [0.25, 0.3) is 0 Å². The minimum absolute atomic E-state index is 0.122. The monoisotopic (exact) mass is 480 g/mol. The van der Waals surface area contributed by atoms with Gasteiger partial charge in [-0.3, -0.25) is 0 Å². The van der Waals surface area contributed by atoms with Crippen molar-refractivity contribution in [3.05, 3.63) is 82.3 Å². The third-order valence-corrected chi connectivity index (χ3v) is 11.7. The number of rotatable bonds is 4. The first-order valence-corrected chi connectivity index (χ1v) is 14.2. The molecule has 1 aliphatic carbocycles. The van der Waals surface area contributed by atoms with Gasteiger partial charge < -0.3 is 9.16 Å². The lowest BCUT2D eigenvalue weighted by molar-refractivity contribution is 0.0700. The van der Waals surface area contributed by atoms with Crippen LogP contribution in [0, 0.1) is 0 Å². The summed E-state index contributed by atoms with van der Waals surface area (Å²) in [5, 5.41) is 2.46. The van der Waals surface area contributed by atoms with E-state index in [4.69, 9.17) is 9.16 Å². The Morgan fingerprint density at radius 3 is 2.37 bits per heavy atom. The Labute approximate surface area is 189 Å². The summed E-state index contributed by atoms with van der Waals surface area (Å²) in [6.45, 7) is 11.4. The molecule has 3 aromatic rings. The Balaban J connectivity index is 1.72. The SMILES string of the molecule is CC(C)(C)[Si](C)(C)O[C@@H]1c2ccccc2C=C[C@H]1Oc1ccc2ccccc2c1Br. The number of ether oxygens (including phenoxy) is 1. The molecule has 0 aromatic heterocycles. The predicted octanol–water partition coefficient (Wildman–Crippen LogP) is 8.14. The van der Waals surface area contributed by atoms with Crippen LogP contribution in [0.1, 0.15) is 38.0 Å². The Hall–Kier alpha value is -1.88. The molecule has 0 fully saturated rings. The summed E-state index contributed by atoms with van der Waals surface area (Å²) < 4.78 is 14.5. The molecule has 3 aromatic carbocycles. The molecule has 0 radical (unpaired) electrons. The molecule has 2 atom stereocenters. The molecule has 0 saturated heterocycles. The molecule has 30 heavy (non-hydrogen) atoms. The molecule has 0 spiro atoms. The molecular formula is C26H29BrO2Si. The van der Waals surface area contributed by atoms with Crippen molar-refractivity contribution in [2.24, 2.45) is 0 Å². The summed E-state index contributed by atoms with van der Waals surface area (Å²) in [7, 11) is -2.00. The van der Waals surface area contributed by atoms with Crippen LogP contribution in [0.3, 0.4) is 0 Å². The fraction of sp³-hybridized carbons (Fsp3) is 0.308. The zero-order valence-electron chi connectivity index (χ0n) is 18.3. The maximum Gasteiger partial charge on any atom is 0.193 e. The lowest BCUT2D eigenvalue weighted by atomic mass is 9.93. The van der Waals surface area contributed by atoms with Crippen molar-refractivity contribution in [2.45, 2.75) is 51.1 Å². The summed E-state index contributed by atoms with van der Waals surface area (Å²) in [5.74, 6) is 0.839. The largest absolute Gasteiger partial charge is 0.482 e. The minimum atomic E-state index is -2.00. The average molecular weight is 482 g/mol. The van der Waals surface area contributed by atoms with Crippen LogP contribution in [-0.4, -0.2) is 14.4 Å². The average Bonchev–Trinajstić information content (AvgIpc) is 2.71. The standard InChI is InChI=1S/C26H29BrO2Si/c1-26(2,3)30(4,5)29-25-21-13-9-7-11-19(21)15-17-23(25)28-22-16-14-18-10-6-8-12-20(18)24(22)27/h6-17,23,25H,1-5H3/t23-,25-/m1/s1. The highest BCUT2D eigenvalue weighted by atomic mass is 79.9. The zero-order valence-corrected chi connectivity index (χ0v) is 20.9. The first-order chi connectivity index (χ1) is 14.2. The summed E-state index contributed by atoms with van der Waals surface area (Å²) in [4.78, 5) is 0. The molecule has 2 nitrogen and oxygen atoms in total. The van der Waals surface area contributed by atoms with Crippen LogP contribution < -0.4 is 4.74 Å². The third kappa shape index (κ3) is 4.01. The first-order valence-electron chi connectivity index (χ1n) is 10.5. The number of hydrogen-bond acceptors (Lipinski definition) is 2. The van der Waals surface area contributed by atoms with Crippen molar-refractivity contribution < 1.29 is 9.16 Å². The summed E-state index contributed by atoms with van der Waals surface area (Å²) in [6, 6.07) is 21.0. The molecule has 0 bridgehead atoms. The Bertz CT molecular complexity index is 1100. The van der Waals surface area contributed by atoms with Crippen LogP contribution in [-0.2, 0) is 4.43 Å². The van der Waals surface area contributed by atoms with E-state index in [-0.39, 0.29) is 17.2 Å². The molecule has 0 N–H and O–H groups in total. The fourth-order valence-corrected chi connectivity index (χ4v) is 5.41. The third-order valence-electron chi connectivity index (χ3n) is 6.39. The lowest BCUT2D eigenvalue weighted by Gasteiger charge is -2.42. The van der Waals surface area contributed by atoms with Gasteiger partial charge >= 0.3 is 0 Å². The Morgan fingerprint density at radius 2 is 1.60 bits per heavy atom. The summed E-state index contributed by atoms with van der Waals surface area (Å²) >= 11 is 3.77. The van der Waals surface area contributed by atoms with Crippen LogP contribution >= 0.6 is 15.9 Å². The number of benzene rings is 3. The molecule has 4 rings (SSSR count). The Kier molecular flexibility index (Phi) is 5.69. The highest BCUT2D eigenvalue weighted by Gasteiger charge is 2.42. The predicted molar refractivity (Wildman–Crippen MR) is 133 cm³/mol. The van der Waals surface area contributed by atoms with Crippen LogP contribution in [0.25, 0.3) is 16.8 Å². The van der Waals surface area contributed by atoms with E-state index in [2.05, 4.69) is 117 Å². The van der Waals surface area contributed by atoms with E-state index in [0.717, 1.165) is 15.6 Å². The van der Waals surface area contributed by atoms with Gasteiger partial charge in [0.15, 0.2) is 8.32 Å². The highest BCUT2D eigenvalue weighted by Crippen LogP contribution is 2.44. The second kappa shape index (κ2) is 7.99. The molecule has 1 aliphatic rings. The Morgan fingerprint density at radius 1 is 0.900 bits per heavy atom. The van der Waals surface area contributed by atoms with E-state index in [1.165, 1.54) is 16.5 Å². The number of halogens is 1. The van der Waals surface area contributed by atoms with Crippen molar-refractivity contribution in [2.75, 3.05) is 0 Å². The van der Waals surface area contributed by atoms with E-state index in [1.807, 2.05) is 6.07 Å². The number of hydrogen-bond donors (Lipinski definition) is 0. The van der Waals surface area contributed by atoms with E-state index in [0.29, 0.717) is 0 Å².